The molecular weight excluding hydrogens is 590 g/mol. The first-order valence-electron chi connectivity index (χ1n) is 14.9. The molecule has 0 aliphatic carbocycles. The van der Waals surface area contributed by atoms with Crippen LogP contribution in [-0.2, 0) is 6.42 Å². The van der Waals surface area contributed by atoms with E-state index in [4.69, 9.17) is 33.4 Å². The van der Waals surface area contributed by atoms with Gasteiger partial charge < -0.3 is 33.5 Å². The van der Waals surface area contributed by atoms with E-state index in [1.807, 2.05) is 60.7 Å². The van der Waals surface area contributed by atoms with Crippen LogP contribution in [0.15, 0.2) is 78.9 Å². The predicted octanol–water partition coefficient (Wildman–Crippen LogP) is 7.90. The monoisotopic (exact) mass is 629 g/mol. The Labute approximate surface area is 268 Å². The van der Waals surface area contributed by atoms with Crippen LogP contribution in [0.2, 0.25) is 0 Å². The Morgan fingerprint density at radius 2 is 1.40 bits per heavy atom. The first kappa shape index (κ1) is 31.9. The third-order valence-electron chi connectivity index (χ3n) is 7.46. The molecular formula is C36H39NO7S. The average Bonchev–Trinajstić information content (AvgIpc) is 3.52. The Bertz CT molecular complexity index is 1630. The van der Waals surface area contributed by atoms with Crippen molar-refractivity contribution in [3.8, 4) is 45.1 Å². The van der Waals surface area contributed by atoms with Gasteiger partial charge in [0.15, 0.2) is 23.0 Å². The molecule has 0 spiro atoms. The molecule has 5 rings (SSSR count). The summed E-state index contributed by atoms with van der Waals surface area (Å²) in [7, 11) is 6.36. The fourth-order valence-electron chi connectivity index (χ4n) is 5.03. The highest BCUT2D eigenvalue weighted by Crippen LogP contribution is 2.39. The number of hydrogen-bond acceptors (Lipinski definition) is 9. The van der Waals surface area contributed by atoms with Crippen molar-refractivity contribution in [1.82, 2.24) is 4.98 Å². The number of unbranched alkanes of at least 4 members (excludes halogenated alkanes) is 1. The summed E-state index contributed by atoms with van der Waals surface area (Å²) >= 11 is 1.69. The van der Waals surface area contributed by atoms with Crippen molar-refractivity contribution in [1.29, 1.82) is 0 Å². The number of para-hydroxylation sites is 1. The minimum atomic E-state index is -0.688. The van der Waals surface area contributed by atoms with E-state index in [0.717, 1.165) is 45.8 Å². The molecule has 0 bridgehead atoms. The number of aryl methyl sites for hydroxylation is 1. The number of hydrogen-bond donors (Lipinski definition) is 1. The normalized spacial score (nSPS) is 11.7. The smallest absolute Gasteiger partial charge is 0.203 e. The number of aliphatic hydroxyl groups is 1. The lowest BCUT2D eigenvalue weighted by Crippen LogP contribution is -2.05. The third-order valence-corrected chi connectivity index (χ3v) is 8.55. The molecule has 0 fully saturated rings. The van der Waals surface area contributed by atoms with Crippen molar-refractivity contribution >= 4 is 21.6 Å². The second-order valence-corrected chi connectivity index (χ2v) is 11.4. The number of rotatable bonds is 16. The molecule has 0 radical (unpaired) electrons. The van der Waals surface area contributed by atoms with Gasteiger partial charge in [-0.15, -0.1) is 11.3 Å². The maximum Gasteiger partial charge on any atom is 0.203 e. The van der Waals surface area contributed by atoms with Crippen LogP contribution in [0, 0.1) is 0 Å². The van der Waals surface area contributed by atoms with Crippen LogP contribution in [0.25, 0.3) is 20.8 Å². The van der Waals surface area contributed by atoms with Crippen molar-refractivity contribution in [3.63, 3.8) is 0 Å². The molecule has 0 saturated heterocycles. The Kier molecular flexibility index (Phi) is 11.0. The zero-order valence-corrected chi connectivity index (χ0v) is 26.9. The van der Waals surface area contributed by atoms with Gasteiger partial charge >= 0.3 is 0 Å². The van der Waals surface area contributed by atoms with Crippen molar-refractivity contribution < 1.29 is 33.5 Å². The Balaban J connectivity index is 1.09. The molecule has 1 heterocycles. The van der Waals surface area contributed by atoms with Crippen molar-refractivity contribution in [2.24, 2.45) is 0 Å². The number of thiazole rings is 1. The van der Waals surface area contributed by atoms with Gasteiger partial charge in [0.25, 0.3) is 0 Å². The van der Waals surface area contributed by atoms with E-state index in [-0.39, 0.29) is 0 Å². The third kappa shape index (κ3) is 7.98. The molecule has 45 heavy (non-hydrogen) atoms. The first-order valence-corrected chi connectivity index (χ1v) is 15.7. The largest absolute Gasteiger partial charge is 0.494 e. The van der Waals surface area contributed by atoms with Crippen LogP contribution in [-0.4, -0.2) is 51.7 Å². The Morgan fingerprint density at radius 3 is 2.07 bits per heavy atom. The summed E-state index contributed by atoms with van der Waals surface area (Å²) in [5, 5.41) is 12.0. The average molecular weight is 630 g/mol. The minimum Gasteiger partial charge on any atom is -0.494 e. The number of aliphatic hydroxyl groups excluding tert-OH is 1. The van der Waals surface area contributed by atoms with Gasteiger partial charge in [0.2, 0.25) is 5.75 Å². The number of aromatic nitrogens is 1. The molecule has 0 saturated carbocycles. The van der Waals surface area contributed by atoms with Crippen LogP contribution < -0.4 is 28.4 Å². The molecule has 0 aliphatic heterocycles. The molecule has 8 nitrogen and oxygen atoms in total. The van der Waals surface area contributed by atoms with Crippen LogP contribution >= 0.6 is 11.3 Å². The van der Waals surface area contributed by atoms with Crippen LogP contribution in [0.4, 0.5) is 0 Å². The quantitative estimate of drug-likeness (QED) is 0.110. The van der Waals surface area contributed by atoms with E-state index in [2.05, 4.69) is 18.2 Å². The van der Waals surface area contributed by atoms with Crippen LogP contribution in [0.5, 0.6) is 34.5 Å². The van der Waals surface area contributed by atoms with Gasteiger partial charge in [-0.05, 0) is 97.5 Å². The standard InChI is InChI=1S/C36H39NO7S/c1-39-30-18-14-26(29(38)17-11-24-21-32(40-2)35(42-4)33(22-24)41-3)23-31(30)44-20-8-7-19-43-27-15-12-25(13-16-27)36-37-28-9-5-6-10-34(28)45-36/h5-6,9-10,12-16,18,21-23,29,38H,7-8,11,17,19-20H2,1-4H3. The molecule has 236 valence electrons. The molecule has 0 aliphatic rings. The Hall–Kier alpha value is -4.47. The molecule has 5 aromatic rings. The van der Waals surface area contributed by atoms with E-state index in [1.54, 1.807) is 39.8 Å². The second kappa shape index (κ2) is 15.5. The van der Waals surface area contributed by atoms with Gasteiger partial charge in [0.1, 0.15) is 10.8 Å². The lowest BCUT2D eigenvalue weighted by Gasteiger charge is -2.17. The van der Waals surface area contributed by atoms with Gasteiger partial charge in [0.05, 0.1) is 58.0 Å². The van der Waals surface area contributed by atoms with Crippen molar-refractivity contribution in [2.45, 2.75) is 31.8 Å². The first-order chi connectivity index (χ1) is 22.0. The molecule has 1 unspecified atom stereocenters. The molecule has 4 aromatic carbocycles. The number of methoxy groups -OCH3 is 4. The number of ether oxygens (including phenoxy) is 6. The molecule has 0 amide bonds. The van der Waals surface area contributed by atoms with Gasteiger partial charge in [0, 0.05) is 5.56 Å². The maximum absolute atomic E-state index is 11.0. The summed E-state index contributed by atoms with van der Waals surface area (Å²) in [5.41, 5.74) is 3.84. The zero-order chi connectivity index (χ0) is 31.6. The fourth-order valence-corrected chi connectivity index (χ4v) is 6.00. The number of benzene rings is 4. The van der Waals surface area contributed by atoms with E-state index < -0.39 is 6.10 Å². The summed E-state index contributed by atoms with van der Waals surface area (Å²) in [6.07, 6.45) is 2.07. The van der Waals surface area contributed by atoms with E-state index >= 15 is 0 Å². The van der Waals surface area contributed by atoms with E-state index in [1.165, 1.54) is 4.70 Å². The Morgan fingerprint density at radius 1 is 0.711 bits per heavy atom. The minimum absolute atomic E-state index is 0.501. The zero-order valence-electron chi connectivity index (χ0n) is 26.1. The number of fused-ring (bicyclic) bond motifs is 1. The summed E-state index contributed by atoms with van der Waals surface area (Å²) in [5.74, 6) is 3.78. The summed E-state index contributed by atoms with van der Waals surface area (Å²) < 4.78 is 35.0. The number of nitrogens with zero attached hydrogens (tertiary/aromatic N) is 1. The van der Waals surface area contributed by atoms with Crippen molar-refractivity contribution in [3.05, 3.63) is 90.0 Å². The summed E-state index contributed by atoms with van der Waals surface area (Å²) in [6, 6.07) is 25.6. The van der Waals surface area contributed by atoms with Gasteiger partial charge in [-0.3, -0.25) is 0 Å². The highest BCUT2D eigenvalue weighted by molar-refractivity contribution is 7.21. The molecule has 1 N–H and O–H groups in total. The van der Waals surface area contributed by atoms with Crippen LogP contribution in [0.3, 0.4) is 0 Å². The van der Waals surface area contributed by atoms with Crippen molar-refractivity contribution in [2.75, 3.05) is 41.7 Å². The van der Waals surface area contributed by atoms with E-state index in [0.29, 0.717) is 54.8 Å². The predicted molar refractivity (Wildman–Crippen MR) is 178 cm³/mol. The molecule has 1 atom stereocenters. The lowest BCUT2D eigenvalue weighted by molar-refractivity contribution is 0.167. The highest BCUT2D eigenvalue weighted by atomic mass is 32.1. The van der Waals surface area contributed by atoms with Gasteiger partial charge in [-0.2, -0.15) is 0 Å². The lowest BCUT2D eigenvalue weighted by atomic mass is 10.0. The maximum atomic E-state index is 11.0. The highest BCUT2D eigenvalue weighted by Gasteiger charge is 2.16. The SMILES string of the molecule is COc1ccc(C(O)CCc2cc(OC)c(OC)c(OC)c2)cc1OCCCCOc1ccc(-c2nc3ccccc3s2)cc1. The second-order valence-electron chi connectivity index (χ2n) is 10.4. The van der Waals surface area contributed by atoms with E-state index in [9.17, 15) is 5.11 Å². The summed E-state index contributed by atoms with van der Waals surface area (Å²) in [4.78, 5) is 4.73. The molecule has 9 heteroatoms. The fraction of sp³-hybridized carbons (Fsp3) is 0.306. The van der Waals surface area contributed by atoms with Gasteiger partial charge in [-0.25, -0.2) is 4.98 Å². The topological polar surface area (TPSA) is 88.5 Å². The van der Waals surface area contributed by atoms with Gasteiger partial charge in [-0.1, -0.05) is 18.2 Å². The van der Waals surface area contributed by atoms with Crippen LogP contribution in [0.1, 0.15) is 36.5 Å². The summed E-state index contributed by atoms with van der Waals surface area (Å²) in [6.45, 7) is 1.09. The molecule has 1 aromatic heterocycles.